The van der Waals surface area contributed by atoms with Gasteiger partial charge in [-0.05, 0) is 18.4 Å². The number of thioether (sulfide) groups is 1. The quantitative estimate of drug-likeness (QED) is 0.777. The van der Waals surface area contributed by atoms with Gasteiger partial charge in [-0.15, -0.1) is 11.8 Å². The van der Waals surface area contributed by atoms with E-state index in [2.05, 4.69) is 0 Å². The Hall–Kier alpha value is -1.04. The fraction of sp³-hybridized carbons (Fsp3) is 0.455. The molecule has 0 radical (unpaired) electrons. The molecule has 96 valence electrons. The summed E-state index contributed by atoms with van der Waals surface area (Å²) in [5.74, 6) is 0.657. The van der Waals surface area contributed by atoms with Crippen molar-refractivity contribution in [1.82, 2.24) is 0 Å². The molecule has 0 aliphatic carbocycles. The van der Waals surface area contributed by atoms with Gasteiger partial charge in [0, 0.05) is 5.56 Å². The van der Waals surface area contributed by atoms with Crippen LogP contribution in [0.15, 0.2) is 17.0 Å². The van der Waals surface area contributed by atoms with Gasteiger partial charge in [-0.3, -0.25) is 0 Å². The first-order valence-corrected chi connectivity index (χ1v) is 5.99. The highest BCUT2D eigenvalue weighted by Gasteiger charge is 2.30. The van der Waals surface area contributed by atoms with Gasteiger partial charge in [0.25, 0.3) is 0 Å². The maximum Gasteiger partial charge on any atom is 0.393 e. The fourth-order valence-corrected chi connectivity index (χ4v) is 2.01. The van der Waals surface area contributed by atoms with Gasteiger partial charge in [0.2, 0.25) is 0 Å². The highest BCUT2D eigenvalue weighted by Crippen LogP contribution is 2.37. The minimum absolute atomic E-state index is 0.0784. The van der Waals surface area contributed by atoms with Crippen molar-refractivity contribution >= 4 is 11.8 Å². The maximum absolute atomic E-state index is 12.4. The molecule has 0 aliphatic heterocycles. The van der Waals surface area contributed by atoms with Crippen LogP contribution in [0.1, 0.15) is 5.56 Å². The Labute approximate surface area is 102 Å². The first-order valence-electron chi connectivity index (χ1n) is 4.77. The molecule has 1 aromatic carbocycles. The van der Waals surface area contributed by atoms with E-state index in [0.717, 1.165) is 4.90 Å². The lowest BCUT2D eigenvalue weighted by Gasteiger charge is -2.15. The van der Waals surface area contributed by atoms with Gasteiger partial charge < -0.3 is 9.47 Å². The van der Waals surface area contributed by atoms with Crippen LogP contribution < -0.4 is 9.47 Å². The van der Waals surface area contributed by atoms with Crippen molar-refractivity contribution in [2.45, 2.75) is 17.5 Å². The predicted molar refractivity (Wildman–Crippen MR) is 61.1 cm³/mol. The molecule has 0 amide bonds. The summed E-state index contributed by atoms with van der Waals surface area (Å²) in [5.41, 5.74) is 0.0784. The van der Waals surface area contributed by atoms with Crippen molar-refractivity contribution in [3.63, 3.8) is 0 Å². The summed E-state index contributed by atoms with van der Waals surface area (Å²) in [4.78, 5) is 0.746. The summed E-state index contributed by atoms with van der Waals surface area (Å²) >= 11 is 1.39. The van der Waals surface area contributed by atoms with Crippen molar-refractivity contribution < 1.29 is 22.6 Å². The van der Waals surface area contributed by atoms with Gasteiger partial charge in [0.15, 0.2) is 0 Å². The second-order valence-corrected chi connectivity index (χ2v) is 4.16. The van der Waals surface area contributed by atoms with Crippen molar-refractivity contribution in [2.75, 3.05) is 20.5 Å². The van der Waals surface area contributed by atoms with E-state index < -0.39 is 12.6 Å². The third-order valence-corrected chi connectivity index (χ3v) is 2.94. The molecule has 0 heterocycles. The zero-order valence-electron chi connectivity index (χ0n) is 9.72. The summed E-state index contributed by atoms with van der Waals surface area (Å²) < 4.78 is 47.1. The molecule has 0 saturated carbocycles. The number of hydrogen-bond donors (Lipinski definition) is 0. The molecule has 0 spiro atoms. The molecule has 0 bridgehead atoms. The molecule has 0 atom stereocenters. The Balaban J connectivity index is 3.19. The minimum Gasteiger partial charge on any atom is -0.496 e. The van der Waals surface area contributed by atoms with Crippen molar-refractivity contribution in [1.29, 1.82) is 0 Å². The van der Waals surface area contributed by atoms with Gasteiger partial charge in [0.1, 0.15) is 11.5 Å². The molecule has 1 aromatic rings. The lowest BCUT2D eigenvalue weighted by molar-refractivity contribution is -0.127. The van der Waals surface area contributed by atoms with Crippen LogP contribution in [-0.2, 0) is 6.42 Å². The average molecular weight is 266 g/mol. The van der Waals surface area contributed by atoms with E-state index in [0.29, 0.717) is 5.75 Å². The number of methoxy groups -OCH3 is 2. The van der Waals surface area contributed by atoms with Crippen molar-refractivity contribution in [2.24, 2.45) is 0 Å². The largest absolute Gasteiger partial charge is 0.496 e. The van der Waals surface area contributed by atoms with Crippen LogP contribution in [0.2, 0.25) is 0 Å². The summed E-state index contributed by atoms with van der Waals surface area (Å²) in [6.07, 6.45) is -3.47. The first-order chi connectivity index (χ1) is 7.91. The van der Waals surface area contributed by atoms with Crippen LogP contribution in [0, 0.1) is 0 Å². The van der Waals surface area contributed by atoms with Crippen LogP contribution >= 0.6 is 11.8 Å². The lowest BCUT2D eigenvalue weighted by atomic mass is 10.1. The molecule has 0 fully saturated rings. The maximum atomic E-state index is 12.4. The van der Waals surface area contributed by atoms with E-state index in [9.17, 15) is 13.2 Å². The number of ether oxygens (including phenoxy) is 2. The van der Waals surface area contributed by atoms with Gasteiger partial charge in [-0.2, -0.15) is 13.2 Å². The van der Waals surface area contributed by atoms with Crippen molar-refractivity contribution in [3.05, 3.63) is 17.7 Å². The smallest absolute Gasteiger partial charge is 0.393 e. The molecule has 0 aromatic heterocycles. The second-order valence-electron chi connectivity index (χ2n) is 3.31. The highest BCUT2D eigenvalue weighted by molar-refractivity contribution is 7.98. The molecular weight excluding hydrogens is 253 g/mol. The van der Waals surface area contributed by atoms with Crippen LogP contribution in [0.4, 0.5) is 13.2 Å². The third-order valence-electron chi connectivity index (χ3n) is 2.18. The lowest BCUT2D eigenvalue weighted by Crippen LogP contribution is -2.12. The fourth-order valence-electron chi connectivity index (χ4n) is 1.45. The van der Waals surface area contributed by atoms with Gasteiger partial charge >= 0.3 is 6.18 Å². The third kappa shape index (κ3) is 3.73. The van der Waals surface area contributed by atoms with Gasteiger partial charge in [-0.1, -0.05) is 0 Å². The standard InChI is InChI=1S/C11H13F3O2S/c1-15-8-5-10(17-3)9(16-2)4-7(8)6-11(12,13)14/h4-5H,6H2,1-3H3. The zero-order chi connectivity index (χ0) is 13.1. The molecule has 0 unspecified atom stereocenters. The summed E-state index contributed by atoms with van der Waals surface area (Å²) in [6.45, 7) is 0. The predicted octanol–water partition coefficient (Wildman–Crippen LogP) is 3.53. The van der Waals surface area contributed by atoms with Crippen LogP contribution in [0.3, 0.4) is 0 Å². The Morgan fingerprint density at radius 3 is 2.12 bits per heavy atom. The molecule has 1 rings (SSSR count). The summed E-state index contributed by atoms with van der Waals surface area (Å²) in [7, 11) is 2.78. The topological polar surface area (TPSA) is 18.5 Å². The Kier molecular flexibility index (Phi) is 4.56. The molecule has 17 heavy (non-hydrogen) atoms. The van der Waals surface area contributed by atoms with E-state index in [-0.39, 0.29) is 11.3 Å². The Bertz CT molecular complexity index is 391. The number of benzene rings is 1. The van der Waals surface area contributed by atoms with E-state index in [1.807, 2.05) is 6.26 Å². The number of halogens is 3. The second kappa shape index (κ2) is 5.53. The van der Waals surface area contributed by atoms with E-state index in [4.69, 9.17) is 9.47 Å². The monoisotopic (exact) mass is 266 g/mol. The van der Waals surface area contributed by atoms with Crippen LogP contribution in [0.5, 0.6) is 11.5 Å². The SMILES string of the molecule is COc1cc(SC)c(OC)cc1CC(F)(F)F. The minimum atomic E-state index is -4.26. The van der Waals surface area contributed by atoms with Crippen LogP contribution in [0.25, 0.3) is 0 Å². The molecular formula is C11H13F3O2S. The van der Waals surface area contributed by atoms with Gasteiger partial charge in [-0.25, -0.2) is 0 Å². The van der Waals surface area contributed by atoms with Crippen molar-refractivity contribution in [3.8, 4) is 11.5 Å². The molecule has 0 N–H and O–H groups in total. The zero-order valence-corrected chi connectivity index (χ0v) is 10.5. The number of alkyl halides is 3. The van der Waals surface area contributed by atoms with E-state index in [1.54, 1.807) is 6.07 Å². The highest BCUT2D eigenvalue weighted by atomic mass is 32.2. The molecule has 0 saturated heterocycles. The molecule has 0 aliphatic rings. The van der Waals surface area contributed by atoms with E-state index in [1.165, 1.54) is 32.0 Å². The normalized spacial score (nSPS) is 11.4. The van der Waals surface area contributed by atoms with E-state index >= 15 is 0 Å². The molecule has 2 nitrogen and oxygen atoms in total. The Morgan fingerprint density at radius 1 is 1.12 bits per heavy atom. The summed E-state index contributed by atoms with van der Waals surface area (Å²) in [6, 6.07) is 2.93. The van der Waals surface area contributed by atoms with Gasteiger partial charge in [0.05, 0.1) is 25.5 Å². The average Bonchev–Trinajstić information content (AvgIpc) is 2.26. The number of rotatable bonds is 4. The number of hydrogen-bond acceptors (Lipinski definition) is 3. The summed E-state index contributed by atoms with van der Waals surface area (Å²) in [5, 5.41) is 0. The molecule has 6 heteroatoms. The Morgan fingerprint density at radius 2 is 1.71 bits per heavy atom. The van der Waals surface area contributed by atoms with Crippen LogP contribution in [-0.4, -0.2) is 26.7 Å². The first kappa shape index (κ1) is 14.0.